The first-order valence-corrected chi connectivity index (χ1v) is 25.7. The zero-order valence-corrected chi connectivity index (χ0v) is 42.0. The molecule has 0 unspecified atom stereocenters. The highest BCUT2D eigenvalue weighted by Crippen LogP contribution is 2.42. The van der Waals surface area contributed by atoms with Crippen molar-refractivity contribution >= 4 is 0 Å². The fourth-order valence-electron chi connectivity index (χ4n) is 9.54. The van der Waals surface area contributed by atoms with Crippen LogP contribution in [0.5, 0.6) is 0 Å². The summed E-state index contributed by atoms with van der Waals surface area (Å²) in [5.41, 5.74) is 14.4. The summed E-state index contributed by atoms with van der Waals surface area (Å²) in [7, 11) is 0. The van der Waals surface area contributed by atoms with Gasteiger partial charge in [0, 0.05) is 50.1 Å². The Kier molecular flexibility index (Phi) is 12.8. The van der Waals surface area contributed by atoms with Gasteiger partial charge in [0.1, 0.15) is 0 Å². The zero-order valence-electron chi connectivity index (χ0n) is 42.0. The van der Waals surface area contributed by atoms with Gasteiger partial charge in [-0.3, -0.25) is 0 Å². The number of hydrogen-bond donors (Lipinski definition) is 0. The van der Waals surface area contributed by atoms with Crippen LogP contribution in [0.15, 0.2) is 273 Å². The van der Waals surface area contributed by atoms with Crippen molar-refractivity contribution in [1.29, 1.82) is 0 Å². The van der Waals surface area contributed by atoms with Crippen molar-refractivity contribution in [3.63, 3.8) is 0 Å². The average Bonchev–Trinajstić information content (AvgIpc) is 3.54. The van der Waals surface area contributed by atoms with Crippen LogP contribution in [-0.4, -0.2) is 44.9 Å². The zero-order chi connectivity index (χ0) is 52.0. The molecule has 3 heterocycles. The smallest absolute Gasteiger partial charge is 0.164 e. The van der Waals surface area contributed by atoms with Crippen LogP contribution in [0.25, 0.3) is 136 Å². The lowest BCUT2D eigenvalue weighted by Gasteiger charge is -2.17. The van der Waals surface area contributed by atoms with E-state index >= 15 is 0 Å². The molecule has 0 atom stereocenters. The van der Waals surface area contributed by atoms with Crippen molar-refractivity contribution in [1.82, 2.24) is 44.9 Å². The van der Waals surface area contributed by atoms with Crippen LogP contribution >= 0.6 is 0 Å². The molecule has 0 spiro atoms. The highest BCUT2D eigenvalue weighted by atomic mass is 15.1. The van der Waals surface area contributed by atoms with Gasteiger partial charge >= 0.3 is 0 Å². The van der Waals surface area contributed by atoms with E-state index in [1.165, 1.54) is 0 Å². The second-order valence-corrected chi connectivity index (χ2v) is 18.6. The number of rotatable bonds is 12. The SMILES string of the molecule is c1ccc(-c2nc(-c3ccccc3)nc(-c3ccc(-c4cccc(-c5ccc(-c6nc(-c7ccccc7)nc(-c7ccccc7)n6)cc5)c4-c4ccc(-c5nc(-c6ccccc6)nc(-c6ccccc6)n5)cc4)cc3)n2)cc1. The van der Waals surface area contributed by atoms with Gasteiger partial charge in [0.15, 0.2) is 52.4 Å². The fourth-order valence-corrected chi connectivity index (χ4v) is 9.54. The molecule has 0 amide bonds. The molecule has 9 heteroatoms. The maximum atomic E-state index is 5.04. The summed E-state index contributed by atoms with van der Waals surface area (Å²) < 4.78 is 0. The van der Waals surface area contributed by atoms with Crippen LogP contribution in [0, 0.1) is 0 Å². The maximum Gasteiger partial charge on any atom is 0.164 e. The molecular weight excluding hydrogens is 955 g/mol. The van der Waals surface area contributed by atoms with Gasteiger partial charge in [-0.25, -0.2) is 44.9 Å². The van der Waals surface area contributed by atoms with Crippen molar-refractivity contribution in [3.8, 4) is 136 Å². The molecule has 366 valence electrons. The lowest BCUT2D eigenvalue weighted by molar-refractivity contribution is 1.07. The molecule has 0 saturated heterocycles. The van der Waals surface area contributed by atoms with Gasteiger partial charge in [0.2, 0.25) is 0 Å². The lowest BCUT2D eigenvalue weighted by Crippen LogP contribution is -2.00. The fraction of sp³-hybridized carbons (Fsp3) is 0. The minimum Gasteiger partial charge on any atom is -0.208 e. The van der Waals surface area contributed by atoms with Gasteiger partial charge in [-0.05, 0) is 33.4 Å². The summed E-state index contributed by atoms with van der Waals surface area (Å²) in [5.74, 6) is 5.43. The van der Waals surface area contributed by atoms with E-state index in [0.29, 0.717) is 52.4 Å². The Hall–Kier alpha value is -10.8. The van der Waals surface area contributed by atoms with Crippen molar-refractivity contribution in [3.05, 3.63) is 273 Å². The molecule has 78 heavy (non-hydrogen) atoms. The third kappa shape index (κ3) is 9.86. The topological polar surface area (TPSA) is 116 Å². The first-order chi connectivity index (χ1) is 38.6. The van der Waals surface area contributed by atoms with E-state index in [9.17, 15) is 0 Å². The van der Waals surface area contributed by atoms with Crippen LogP contribution in [0.1, 0.15) is 0 Å². The highest BCUT2D eigenvalue weighted by Gasteiger charge is 2.19. The Bertz CT molecular complexity index is 3830. The second-order valence-electron chi connectivity index (χ2n) is 18.6. The van der Waals surface area contributed by atoms with E-state index in [-0.39, 0.29) is 0 Å². The second kappa shape index (κ2) is 21.2. The Morgan fingerprint density at radius 2 is 0.295 bits per heavy atom. The summed E-state index contributed by atoms with van der Waals surface area (Å²) in [6.45, 7) is 0. The third-order valence-electron chi connectivity index (χ3n) is 13.5. The highest BCUT2D eigenvalue weighted by molar-refractivity contribution is 5.95. The number of benzene rings is 10. The first-order valence-electron chi connectivity index (χ1n) is 25.7. The van der Waals surface area contributed by atoms with E-state index in [4.69, 9.17) is 44.9 Å². The van der Waals surface area contributed by atoms with Crippen molar-refractivity contribution < 1.29 is 0 Å². The van der Waals surface area contributed by atoms with Crippen molar-refractivity contribution in [2.75, 3.05) is 0 Å². The minimum atomic E-state index is 0.585. The minimum absolute atomic E-state index is 0.585. The normalized spacial score (nSPS) is 11.1. The molecule has 13 aromatic rings. The molecule has 0 aliphatic rings. The largest absolute Gasteiger partial charge is 0.208 e. The van der Waals surface area contributed by atoms with Crippen LogP contribution in [0.3, 0.4) is 0 Å². The van der Waals surface area contributed by atoms with Gasteiger partial charge in [0.05, 0.1) is 0 Å². The number of hydrogen-bond acceptors (Lipinski definition) is 9. The van der Waals surface area contributed by atoms with Crippen molar-refractivity contribution in [2.24, 2.45) is 0 Å². The molecule has 0 radical (unpaired) electrons. The van der Waals surface area contributed by atoms with Gasteiger partial charge < -0.3 is 0 Å². The number of aromatic nitrogens is 9. The Morgan fingerprint density at radius 1 is 0.128 bits per heavy atom. The lowest BCUT2D eigenvalue weighted by atomic mass is 9.87. The quantitative estimate of drug-likeness (QED) is 0.118. The van der Waals surface area contributed by atoms with E-state index in [1.807, 2.05) is 182 Å². The predicted molar refractivity (Wildman–Crippen MR) is 312 cm³/mol. The average molecular weight is 1000 g/mol. The van der Waals surface area contributed by atoms with Gasteiger partial charge in [-0.15, -0.1) is 0 Å². The number of nitrogens with zero attached hydrogens (tertiary/aromatic N) is 9. The van der Waals surface area contributed by atoms with Crippen LogP contribution < -0.4 is 0 Å². The molecule has 0 saturated carbocycles. The van der Waals surface area contributed by atoms with Crippen LogP contribution in [-0.2, 0) is 0 Å². The summed E-state index contributed by atoms with van der Waals surface area (Å²) in [6.07, 6.45) is 0. The monoisotopic (exact) mass is 999 g/mol. The molecule has 0 fully saturated rings. The Balaban J connectivity index is 0.920. The first kappa shape index (κ1) is 47.0. The van der Waals surface area contributed by atoms with E-state index in [1.54, 1.807) is 0 Å². The van der Waals surface area contributed by atoms with E-state index in [0.717, 1.165) is 83.5 Å². The molecular formula is C69H45N9. The van der Waals surface area contributed by atoms with Crippen LogP contribution in [0.4, 0.5) is 0 Å². The molecule has 13 rings (SSSR count). The molecule has 9 nitrogen and oxygen atoms in total. The van der Waals surface area contributed by atoms with Gasteiger partial charge in [0.25, 0.3) is 0 Å². The van der Waals surface area contributed by atoms with Gasteiger partial charge in [-0.1, -0.05) is 273 Å². The summed E-state index contributed by atoms with van der Waals surface area (Å²) >= 11 is 0. The molecule has 3 aromatic heterocycles. The molecule has 0 bridgehead atoms. The van der Waals surface area contributed by atoms with E-state index < -0.39 is 0 Å². The third-order valence-corrected chi connectivity index (χ3v) is 13.5. The molecule has 0 aliphatic carbocycles. The Morgan fingerprint density at radius 3 is 0.500 bits per heavy atom. The summed E-state index contributed by atoms with van der Waals surface area (Å²) in [4.78, 5) is 44.9. The van der Waals surface area contributed by atoms with Gasteiger partial charge in [-0.2, -0.15) is 0 Å². The van der Waals surface area contributed by atoms with Crippen LogP contribution in [0.2, 0.25) is 0 Å². The summed E-state index contributed by atoms with van der Waals surface area (Å²) in [5, 5.41) is 0. The Labute approximate surface area is 451 Å². The van der Waals surface area contributed by atoms with E-state index in [2.05, 4.69) is 91.0 Å². The summed E-state index contributed by atoms with van der Waals surface area (Å²) in [6, 6.07) is 92.3. The maximum absolute atomic E-state index is 5.04. The van der Waals surface area contributed by atoms with Crippen molar-refractivity contribution in [2.45, 2.75) is 0 Å². The molecule has 10 aromatic carbocycles. The predicted octanol–water partition coefficient (Wildman–Crippen LogP) is 16.2. The molecule has 0 aliphatic heterocycles. The standard InChI is InChI=1S/C69H45N9/c1-7-20-49(21-8-1)61-70-62(50-22-9-2-10-23-50)74-67(73-61)55-40-34-46(35-41-55)58-32-19-33-59(47-36-42-56(43-37-47)68-75-63(51-24-11-3-12-25-51)71-64(76-68)52-26-13-4-14-27-52)60(58)48-38-44-57(45-39-48)69-77-65(53-28-15-5-16-29-53)72-66(78-69)54-30-17-6-18-31-54/h1-45H. The molecule has 0 N–H and O–H groups in total.